The highest BCUT2D eigenvalue weighted by Crippen LogP contribution is 2.45. The summed E-state index contributed by atoms with van der Waals surface area (Å²) in [6.45, 7) is -3.83. The smallest absolute Gasteiger partial charge is 0.387 e. The number of benzene rings is 1. The fourth-order valence-electron chi connectivity index (χ4n) is 4.26. The second-order valence-electron chi connectivity index (χ2n) is 8.59. The molecule has 3 aromatic heterocycles. The number of anilines is 1. The van der Waals surface area contributed by atoms with E-state index in [2.05, 4.69) is 15.3 Å². The number of rotatable bonds is 7. The highest BCUT2D eigenvalue weighted by atomic mass is 32.1. The van der Waals surface area contributed by atoms with Crippen molar-refractivity contribution in [1.29, 1.82) is 0 Å². The van der Waals surface area contributed by atoms with Crippen LogP contribution in [0.3, 0.4) is 0 Å². The predicted octanol–water partition coefficient (Wildman–Crippen LogP) is 3.39. The molecule has 3 heterocycles. The molecule has 0 radical (unpaired) electrons. The summed E-state index contributed by atoms with van der Waals surface area (Å²) in [5, 5.41) is 16.8. The largest absolute Gasteiger partial charge is 0.432 e. The van der Waals surface area contributed by atoms with Crippen molar-refractivity contribution in [2.45, 2.75) is 19.5 Å². The van der Waals surface area contributed by atoms with Gasteiger partial charge in [-0.3, -0.25) is 19.9 Å². The zero-order chi connectivity index (χ0) is 27.0. The molecule has 2 N–H and O–H groups in total. The second kappa shape index (κ2) is 10.3. The highest BCUT2D eigenvalue weighted by molar-refractivity contribution is 7.19. The summed E-state index contributed by atoms with van der Waals surface area (Å²) in [6.07, 6.45) is 4.41. The fraction of sp³-hybridized carbons (Fsp3) is 0.240. The van der Waals surface area contributed by atoms with Crippen LogP contribution in [0.15, 0.2) is 42.7 Å². The minimum atomic E-state index is -3.14. The fourth-order valence-corrected chi connectivity index (χ4v) is 5.35. The number of aryl methyl sites for hydroxylation is 1. The number of fused-ring (bicyclic) bond motifs is 3. The number of ether oxygens (including phenoxy) is 1. The van der Waals surface area contributed by atoms with Crippen LogP contribution in [0.1, 0.15) is 21.6 Å². The molecule has 4 aromatic rings. The normalized spacial score (nSPS) is 12.2. The highest BCUT2D eigenvalue weighted by Gasteiger charge is 2.31. The zero-order valence-corrected chi connectivity index (χ0v) is 21.1. The molecular formula is C25H22F2N6O4S. The van der Waals surface area contributed by atoms with Crippen LogP contribution >= 0.6 is 11.3 Å². The van der Waals surface area contributed by atoms with Crippen LogP contribution in [0.5, 0.6) is 5.75 Å². The Morgan fingerprint density at radius 1 is 1.26 bits per heavy atom. The topological polar surface area (TPSA) is 122 Å². The van der Waals surface area contributed by atoms with Crippen molar-refractivity contribution in [3.63, 3.8) is 0 Å². The van der Waals surface area contributed by atoms with Crippen LogP contribution in [0.25, 0.3) is 27.5 Å². The van der Waals surface area contributed by atoms with Crippen LogP contribution in [0.4, 0.5) is 13.9 Å². The number of aliphatic hydroxyl groups is 1. The van der Waals surface area contributed by atoms with Crippen molar-refractivity contribution >= 4 is 28.3 Å². The van der Waals surface area contributed by atoms with E-state index in [1.807, 2.05) is 6.07 Å². The van der Waals surface area contributed by atoms with Gasteiger partial charge in [0.05, 0.1) is 22.0 Å². The lowest BCUT2D eigenvalue weighted by atomic mass is 9.95. The Labute approximate surface area is 219 Å². The maximum absolute atomic E-state index is 13.5. The third kappa shape index (κ3) is 4.73. The van der Waals surface area contributed by atoms with Gasteiger partial charge in [-0.2, -0.15) is 13.9 Å². The molecule has 1 aliphatic rings. The molecule has 0 unspecified atom stereocenters. The van der Waals surface area contributed by atoms with Gasteiger partial charge in [-0.25, -0.2) is 9.67 Å². The maximum Gasteiger partial charge on any atom is 0.387 e. The van der Waals surface area contributed by atoms with Crippen molar-refractivity contribution in [1.82, 2.24) is 24.6 Å². The van der Waals surface area contributed by atoms with Crippen molar-refractivity contribution in [2.75, 3.05) is 26.0 Å². The molecule has 0 saturated carbocycles. The van der Waals surface area contributed by atoms with Crippen LogP contribution in [-0.4, -0.2) is 68.9 Å². The number of pyridine rings is 1. The van der Waals surface area contributed by atoms with Crippen molar-refractivity contribution < 1.29 is 28.2 Å². The van der Waals surface area contributed by atoms with Crippen LogP contribution in [0, 0.1) is 0 Å². The SMILES string of the molecule is CN(C)C(=O)c1ccc(-n2nc(-c3cccnc3)c3c2-c2sc(NC(=O)CO)nc2CC3)c(OC(F)F)c1. The third-order valence-electron chi connectivity index (χ3n) is 5.89. The summed E-state index contributed by atoms with van der Waals surface area (Å²) in [4.78, 5) is 35.0. The van der Waals surface area contributed by atoms with E-state index in [0.717, 1.165) is 11.1 Å². The average Bonchev–Trinajstić information content (AvgIpc) is 3.49. The van der Waals surface area contributed by atoms with E-state index in [4.69, 9.17) is 14.9 Å². The Kier molecular flexibility index (Phi) is 6.87. The summed E-state index contributed by atoms with van der Waals surface area (Å²) < 4.78 is 33.3. The van der Waals surface area contributed by atoms with Gasteiger partial charge in [0.25, 0.3) is 11.8 Å². The molecule has 38 heavy (non-hydrogen) atoms. The van der Waals surface area contributed by atoms with Gasteiger partial charge in [-0.15, -0.1) is 0 Å². The lowest BCUT2D eigenvalue weighted by Gasteiger charge is -2.17. The van der Waals surface area contributed by atoms with Gasteiger partial charge in [0.1, 0.15) is 12.3 Å². The van der Waals surface area contributed by atoms with E-state index in [9.17, 15) is 18.4 Å². The first-order valence-electron chi connectivity index (χ1n) is 11.5. The predicted molar refractivity (Wildman–Crippen MR) is 136 cm³/mol. The Balaban J connectivity index is 1.73. The summed E-state index contributed by atoms with van der Waals surface area (Å²) >= 11 is 1.19. The van der Waals surface area contributed by atoms with E-state index in [-0.39, 0.29) is 22.9 Å². The first-order chi connectivity index (χ1) is 18.3. The molecule has 0 fully saturated rings. The van der Waals surface area contributed by atoms with Gasteiger partial charge in [0, 0.05) is 43.2 Å². The van der Waals surface area contributed by atoms with E-state index in [0.29, 0.717) is 39.9 Å². The number of thiazole rings is 1. The van der Waals surface area contributed by atoms with Gasteiger partial charge >= 0.3 is 6.61 Å². The van der Waals surface area contributed by atoms with Crippen molar-refractivity contribution in [3.8, 4) is 33.3 Å². The van der Waals surface area contributed by atoms with Gasteiger partial charge in [0.2, 0.25) is 0 Å². The summed E-state index contributed by atoms with van der Waals surface area (Å²) in [6, 6.07) is 7.93. The molecule has 0 spiro atoms. The molecular weight excluding hydrogens is 518 g/mol. The summed E-state index contributed by atoms with van der Waals surface area (Å²) in [7, 11) is 3.12. The number of carbonyl (C=O) groups excluding carboxylic acids is 2. The van der Waals surface area contributed by atoms with Crippen molar-refractivity contribution in [2.24, 2.45) is 0 Å². The number of nitrogens with one attached hydrogen (secondary N) is 1. The third-order valence-corrected chi connectivity index (χ3v) is 6.91. The van der Waals surface area contributed by atoms with Crippen molar-refractivity contribution in [3.05, 3.63) is 59.5 Å². The van der Waals surface area contributed by atoms with E-state index >= 15 is 0 Å². The van der Waals surface area contributed by atoms with E-state index in [1.165, 1.54) is 39.1 Å². The van der Waals surface area contributed by atoms with Gasteiger partial charge < -0.3 is 14.7 Å². The Morgan fingerprint density at radius 2 is 2.08 bits per heavy atom. The van der Waals surface area contributed by atoms with Crippen LogP contribution in [0.2, 0.25) is 0 Å². The number of aliphatic hydroxyl groups excluding tert-OH is 1. The molecule has 1 aliphatic carbocycles. The lowest BCUT2D eigenvalue weighted by molar-refractivity contribution is -0.118. The number of aromatic nitrogens is 4. The average molecular weight is 541 g/mol. The monoisotopic (exact) mass is 540 g/mol. The second-order valence-corrected chi connectivity index (χ2v) is 9.59. The van der Waals surface area contributed by atoms with Gasteiger partial charge in [0.15, 0.2) is 10.9 Å². The Hall–Kier alpha value is -4.23. The molecule has 2 amide bonds. The van der Waals surface area contributed by atoms with E-state index < -0.39 is 19.1 Å². The molecule has 0 aliphatic heterocycles. The molecule has 196 valence electrons. The zero-order valence-electron chi connectivity index (χ0n) is 20.3. The number of carbonyl (C=O) groups is 2. The number of hydrogen-bond donors (Lipinski definition) is 2. The number of alkyl halides is 2. The molecule has 0 atom stereocenters. The number of nitrogens with zero attached hydrogens (tertiary/aromatic N) is 5. The van der Waals surface area contributed by atoms with E-state index in [1.54, 1.807) is 32.6 Å². The van der Waals surface area contributed by atoms with Crippen LogP contribution < -0.4 is 10.1 Å². The first kappa shape index (κ1) is 25.4. The van der Waals surface area contributed by atoms with Gasteiger partial charge in [-0.1, -0.05) is 11.3 Å². The lowest BCUT2D eigenvalue weighted by Crippen LogP contribution is -2.22. The Morgan fingerprint density at radius 3 is 2.76 bits per heavy atom. The number of hydrogen-bond acceptors (Lipinski definition) is 8. The molecule has 0 bridgehead atoms. The maximum atomic E-state index is 13.5. The standard InChI is InChI=1S/C25H22F2N6O4S/c1-32(2)23(36)13-5-8-17(18(10-13)37-24(26)27)33-21-15(20(31-33)14-4-3-9-28-11-14)6-7-16-22(21)38-25(29-16)30-19(35)12-34/h3-5,8-11,24,34H,6-7,12H2,1-2H3,(H,29,30,35). The van der Waals surface area contributed by atoms with Gasteiger partial charge in [-0.05, 0) is 43.2 Å². The number of amides is 2. The molecule has 1 aromatic carbocycles. The minimum Gasteiger partial charge on any atom is -0.432 e. The van der Waals surface area contributed by atoms with Crippen LogP contribution in [-0.2, 0) is 17.6 Å². The first-order valence-corrected chi connectivity index (χ1v) is 12.3. The summed E-state index contributed by atoms with van der Waals surface area (Å²) in [5.74, 6) is -1.20. The number of halogens is 2. The summed E-state index contributed by atoms with van der Waals surface area (Å²) in [5.41, 5.74) is 3.89. The molecule has 5 rings (SSSR count). The quantitative estimate of drug-likeness (QED) is 0.368. The molecule has 13 heteroatoms. The Bertz CT molecular complexity index is 1520. The molecule has 10 nitrogen and oxygen atoms in total. The minimum absolute atomic E-state index is 0.176. The molecule has 0 saturated heterocycles.